The number of ether oxygens (including phenoxy) is 1. The molecule has 0 unspecified atom stereocenters. The summed E-state index contributed by atoms with van der Waals surface area (Å²) in [4.78, 5) is 0.164. The van der Waals surface area contributed by atoms with E-state index in [1.54, 1.807) is 13.8 Å². The van der Waals surface area contributed by atoms with E-state index >= 15 is 0 Å². The molecule has 0 aromatic heterocycles. The molecule has 19 heavy (non-hydrogen) atoms. The Morgan fingerprint density at radius 2 is 2.05 bits per heavy atom. The van der Waals surface area contributed by atoms with E-state index in [4.69, 9.17) is 16.3 Å². The molecule has 0 spiro atoms. The van der Waals surface area contributed by atoms with E-state index in [1.807, 2.05) is 0 Å². The summed E-state index contributed by atoms with van der Waals surface area (Å²) in [5.41, 5.74) is 0. The van der Waals surface area contributed by atoms with Crippen LogP contribution in [0.1, 0.15) is 33.6 Å². The van der Waals surface area contributed by atoms with Crippen LogP contribution in [0.3, 0.4) is 0 Å². The third kappa shape index (κ3) is 5.01. The van der Waals surface area contributed by atoms with Gasteiger partial charge in [0.15, 0.2) is 0 Å². The van der Waals surface area contributed by atoms with E-state index < -0.39 is 10.0 Å². The van der Waals surface area contributed by atoms with Gasteiger partial charge in [-0.1, -0.05) is 24.9 Å². The molecule has 1 rings (SSSR count). The molecule has 0 fully saturated rings. The molecule has 1 N–H and O–H groups in total. The highest BCUT2D eigenvalue weighted by Gasteiger charge is 2.17. The molecule has 1 aromatic carbocycles. The molecule has 0 saturated carbocycles. The SMILES string of the molecule is CCCCOc1cc(S(=O)(=O)NC(C)C)ccc1Cl. The maximum Gasteiger partial charge on any atom is 0.240 e. The van der Waals surface area contributed by atoms with Crippen molar-refractivity contribution in [3.05, 3.63) is 23.2 Å². The van der Waals surface area contributed by atoms with Crippen molar-refractivity contribution in [3.63, 3.8) is 0 Å². The number of unbranched alkanes of at least 4 members (excludes halogenated alkanes) is 1. The number of hydrogen-bond donors (Lipinski definition) is 1. The molecule has 0 saturated heterocycles. The fourth-order valence-electron chi connectivity index (χ4n) is 1.47. The molecule has 0 radical (unpaired) electrons. The Balaban J connectivity index is 2.95. The molecule has 0 aliphatic rings. The Kier molecular flexibility index (Phi) is 6.10. The summed E-state index contributed by atoms with van der Waals surface area (Å²) >= 11 is 5.99. The highest BCUT2D eigenvalue weighted by atomic mass is 35.5. The molecule has 6 heteroatoms. The van der Waals surface area contributed by atoms with Crippen LogP contribution in [-0.4, -0.2) is 21.1 Å². The second-order valence-electron chi connectivity index (χ2n) is 4.57. The lowest BCUT2D eigenvalue weighted by Crippen LogP contribution is -2.30. The standard InChI is InChI=1S/C13H20ClNO3S/c1-4-5-8-18-13-9-11(6-7-12(13)14)19(16,17)15-10(2)3/h6-7,9-10,15H,4-5,8H2,1-3H3. The van der Waals surface area contributed by atoms with Gasteiger partial charge < -0.3 is 4.74 Å². The van der Waals surface area contributed by atoms with E-state index in [1.165, 1.54) is 18.2 Å². The van der Waals surface area contributed by atoms with Gasteiger partial charge in [0.1, 0.15) is 5.75 Å². The smallest absolute Gasteiger partial charge is 0.240 e. The van der Waals surface area contributed by atoms with E-state index in [9.17, 15) is 8.42 Å². The summed E-state index contributed by atoms with van der Waals surface area (Å²) in [6.45, 7) is 6.12. The lowest BCUT2D eigenvalue weighted by Gasteiger charge is -2.12. The van der Waals surface area contributed by atoms with Crippen molar-refractivity contribution in [3.8, 4) is 5.75 Å². The summed E-state index contributed by atoms with van der Waals surface area (Å²) in [5, 5.41) is 0.416. The lowest BCUT2D eigenvalue weighted by molar-refractivity contribution is 0.309. The number of rotatable bonds is 7. The first-order valence-corrected chi connectivity index (χ1v) is 8.17. The van der Waals surface area contributed by atoms with Crippen molar-refractivity contribution in [2.45, 2.75) is 44.6 Å². The zero-order valence-corrected chi connectivity index (χ0v) is 13.0. The van der Waals surface area contributed by atoms with Crippen LogP contribution in [0.15, 0.2) is 23.1 Å². The highest BCUT2D eigenvalue weighted by molar-refractivity contribution is 7.89. The minimum Gasteiger partial charge on any atom is -0.492 e. The van der Waals surface area contributed by atoms with Crippen LogP contribution in [0, 0.1) is 0 Å². The van der Waals surface area contributed by atoms with Gasteiger partial charge in [0.2, 0.25) is 10.0 Å². The molecular formula is C13H20ClNO3S. The van der Waals surface area contributed by atoms with Crippen molar-refractivity contribution >= 4 is 21.6 Å². The van der Waals surface area contributed by atoms with Gasteiger partial charge in [-0.25, -0.2) is 13.1 Å². The van der Waals surface area contributed by atoms with Gasteiger partial charge in [0, 0.05) is 12.1 Å². The van der Waals surface area contributed by atoms with Crippen LogP contribution < -0.4 is 9.46 Å². The first kappa shape index (κ1) is 16.3. The number of benzene rings is 1. The Morgan fingerprint density at radius 1 is 1.37 bits per heavy atom. The predicted molar refractivity (Wildman–Crippen MR) is 77.3 cm³/mol. The fraction of sp³-hybridized carbons (Fsp3) is 0.538. The van der Waals surface area contributed by atoms with Gasteiger partial charge in [-0.2, -0.15) is 0 Å². The van der Waals surface area contributed by atoms with Crippen molar-refractivity contribution in [1.29, 1.82) is 0 Å². The Bertz CT molecular complexity index is 515. The first-order valence-electron chi connectivity index (χ1n) is 6.31. The second-order valence-corrected chi connectivity index (χ2v) is 6.69. The molecule has 0 aliphatic heterocycles. The largest absolute Gasteiger partial charge is 0.492 e. The Morgan fingerprint density at radius 3 is 2.63 bits per heavy atom. The molecule has 108 valence electrons. The van der Waals surface area contributed by atoms with Crippen LogP contribution in [0.2, 0.25) is 5.02 Å². The molecule has 0 amide bonds. The number of halogens is 1. The van der Waals surface area contributed by atoms with E-state index in [-0.39, 0.29) is 10.9 Å². The second kappa shape index (κ2) is 7.12. The fourth-order valence-corrected chi connectivity index (χ4v) is 2.90. The first-order chi connectivity index (χ1) is 8.86. The van der Waals surface area contributed by atoms with Crippen LogP contribution in [0.5, 0.6) is 5.75 Å². The third-order valence-corrected chi connectivity index (χ3v) is 4.33. The van der Waals surface area contributed by atoms with Gasteiger partial charge in [-0.05, 0) is 32.4 Å². The Labute approximate surface area is 120 Å². The maximum absolute atomic E-state index is 12.0. The van der Waals surface area contributed by atoms with Crippen LogP contribution >= 0.6 is 11.6 Å². The van der Waals surface area contributed by atoms with E-state index in [0.717, 1.165) is 12.8 Å². The number of sulfonamides is 1. The van der Waals surface area contributed by atoms with E-state index in [0.29, 0.717) is 17.4 Å². The summed E-state index contributed by atoms with van der Waals surface area (Å²) < 4.78 is 32.1. The van der Waals surface area contributed by atoms with Gasteiger partial charge >= 0.3 is 0 Å². The molecule has 0 aliphatic carbocycles. The zero-order chi connectivity index (χ0) is 14.5. The highest BCUT2D eigenvalue weighted by Crippen LogP contribution is 2.27. The lowest BCUT2D eigenvalue weighted by atomic mass is 10.3. The summed E-state index contributed by atoms with van der Waals surface area (Å²) in [6.07, 6.45) is 1.90. The van der Waals surface area contributed by atoms with Gasteiger partial charge in [-0.3, -0.25) is 0 Å². The minimum absolute atomic E-state index is 0.162. The predicted octanol–water partition coefficient (Wildman–Crippen LogP) is 3.21. The normalized spacial score (nSPS) is 11.8. The Hall–Kier alpha value is -0.780. The van der Waals surface area contributed by atoms with Gasteiger partial charge in [0.05, 0.1) is 16.5 Å². The topological polar surface area (TPSA) is 55.4 Å². The summed E-state index contributed by atoms with van der Waals surface area (Å²) in [7, 11) is -3.52. The van der Waals surface area contributed by atoms with Crippen molar-refractivity contribution in [1.82, 2.24) is 4.72 Å². The summed E-state index contributed by atoms with van der Waals surface area (Å²) in [5.74, 6) is 0.404. The average molecular weight is 306 g/mol. The quantitative estimate of drug-likeness (QED) is 0.787. The van der Waals surface area contributed by atoms with Gasteiger partial charge in [0.25, 0.3) is 0 Å². The number of nitrogens with one attached hydrogen (secondary N) is 1. The molecule has 1 aromatic rings. The number of hydrogen-bond acceptors (Lipinski definition) is 3. The molecule has 0 bridgehead atoms. The average Bonchev–Trinajstić information content (AvgIpc) is 2.30. The van der Waals surface area contributed by atoms with Crippen LogP contribution in [0.25, 0.3) is 0 Å². The van der Waals surface area contributed by atoms with E-state index in [2.05, 4.69) is 11.6 Å². The monoisotopic (exact) mass is 305 g/mol. The van der Waals surface area contributed by atoms with Crippen molar-refractivity contribution < 1.29 is 13.2 Å². The molecule has 0 atom stereocenters. The van der Waals surface area contributed by atoms with Crippen LogP contribution in [0.4, 0.5) is 0 Å². The summed E-state index contributed by atoms with van der Waals surface area (Å²) in [6, 6.07) is 4.31. The van der Waals surface area contributed by atoms with Crippen LogP contribution in [-0.2, 0) is 10.0 Å². The van der Waals surface area contributed by atoms with Gasteiger partial charge in [-0.15, -0.1) is 0 Å². The molecule has 4 nitrogen and oxygen atoms in total. The minimum atomic E-state index is -3.52. The maximum atomic E-state index is 12.0. The molecular weight excluding hydrogens is 286 g/mol. The van der Waals surface area contributed by atoms with Crippen molar-refractivity contribution in [2.24, 2.45) is 0 Å². The third-order valence-electron chi connectivity index (χ3n) is 2.36. The zero-order valence-electron chi connectivity index (χ0n) is 11.4. The molecule has 0 heterocycles. The van der Waals surface area contributed by atoms with Crippen molar-refractivity contribution in [2.75, 3.05) is 6.61 Å².